The SMILES string of the molecule is C=CCC(C)Nc1cc(OC)nc(N)n1. The molecule has 1 aromatic heterocycles. The van der Waals surface area contributed by atoms with Crippen LogP contribution in [0.2, 0.25) is 0 Å². The van der Waals surface area contributed by atoms with Gasteiger partial charge in [0.2, 0.25) is 11.8 Å². The summed E-state index contributed by atoms with van der Waals surface area (Å²) in [6.45, 7) is 5.71. The van der Waals surface area contributed by atoms with Gasteiger partial charge in [-0.15, -0.1) is 6.58 Å². The molecule has 0 aliphatic carbocycles. The van der Waals surface area contributed by atoms with Crippen molar-refractivity contribution < 1.29 is 4.74 Å². The van der Waals surface area contributed by atoms with Crippen LogP contribution >= 0.6 is 0 Å². The molecule has 82 valence electrons. The highest BCUT2D eigenvalue weighted by atomic mass is 16.5. The lowest BCUT2D eigenvalue weighted by Crippen LogP contribution is -2.15. The molecular formula is C10H16N4O. The Hall–Kier alpha value is -1.78. The van der Waals surface area contributed by atoms with Crippen LogP contribution in [-0.4, -0.2) is 23.1 Å². The Bertz CT molecular complexity index is 340. The minimum atomic E-state index is 0.197. The van der Waals surface area contributed by atoms with Gasteiger partial charge >= 0.3 is 0 Å². The zero-order chi connectivity index (χ0) is 11.3. The van der Waals surface area contributed by atoms with Crippen molar-refractivity contribution in [2.24, 2.45) is 0 Å². The molecule has 3 N–H and O–H groups in total. The number of nitrogens with one attached hydrogen (secondary N) is 1. The maximum atomic E-state index is 5.52. The third kappa shape index (κ3) is 3.46. The predicted molar refractivity (Wildman–Crippen MR) is 60.9 cm³/mol. The fourth-order valence-electron chi connectivity index (χ4n) is 1.18. The van der Waals surface area contributed by atoms with Crippen LogP contribution in [0.25, 0.3) is 0 Å². The number of rotatable bonds is 5. The van der Waals surface area contributed by atoms with Gasteiger partial charge in [0.1, 0.15) is 5.82 Å². The van der Waals surface area contributed by atoms with Crippen LogP contribution in [0.3, 0.4) is 0 Å². The topological polar surface area (TPSA) is 73.1 Å². The molecule has 0 amide bonds. The Labute approximate surface area is 89.4 Å². The number of hydrogen-bond donors (Lipinski definition) is 2. The van der Waals surface area contributed by atoms with E-state index in [1.165, 1.54) is 0 Å². The van der Waals surface area contributed by atoms with Crippen LogP contribution < -0.4 is 15.8 Å². The minimum absolute atomic E-state index is 0.197. The van der Waals surface area contributed by atoms with Crippen LogP contribution in [0.5, 0.6) is 5.88 Å². The minimum Gasteiger partial charge on any atom is -0.481 e. The van der Waals surface area contributed by atoms with Gasteiger partial charge in [0.25, 0.3) is 0 Å². The molecule has 1 unspecified atom stereocenters. The number of nitrogen functional groups attached to an aromatic ring is 1. The standard InChI is InChI=1S/C10H16N4O/c1-4-5-7(2)12-8-6-9(15-3)14-10(11)13-8/h4,6-7H,1,5H2,2-3H3,(H3,11,12,13,14). The average Bonchev–Trinajstić information content (AvgIpc) is 2.17. The Morgan fingerprint density at radius 3 is 3.00 bits per heavy atom. The number of methoxy groups -OCH3 is 1. The van der Waals surface area contributed by atoms with Gasteiger partial charge in [0.05, 0.1) is 7.11 Å². The third-order valence-electron chi connectivity index (χ3n) is 1.84. The van der Waals surface area contributed by atoms with Crippen LogP contribution in [0.1, 0.15) is 13.3 Å². The summed E-state index contributed by atoms with van der Waals surface area (Å²) in [5, 5.41) is 3.18. The molecule has 0 saturated heterocycles. The van der Waals surface area contributed by atoms with Crippen LogP contribution in [0.15, 0.2) is 18.7 Å². The van der Waals surface area contributed by atoms with Crippen molar-refractivity contribution in [2.45, 2.75) is 19.4 Å². The molecule has 5 nitrogen and oxygen atoms in total. The summed E-state index contributed by atoms with van der Waals surface area (Å²) in [6, 6.07) is 1.96. The quantitative estimate of drug-likeness (QED) is 0.716. The fraction of sp³-hybridized carbons (Fsp3) is 0.400. The molecular weight excluding hydrogens is 192 g/mol. The highest BCUT2D eigenvalue weighted by Gasteiger charge is 2.04. The van der Waals surface area contributed by atoms with Gasteiger partial charge in [-0.25, -0.2) is 0 Å². The lowest BCUT2D eigenvalue weighted by molar-refractivity contribution is 0.398. The summed E-state index contributed by atoms with van der Waals surface area (Å²) >= 11 is 0. The van der Waals surface area contributed by atoms with E-state index >= 15 is 0 Å². The zero-order valence-corrected chi connectivity index (χ0v) is 9.03. The molecule has 0 saturated carbocycles. The summed E-state index contributed by atoms with van der Waals surface area (Å²) in [6.07, 6.45) is 2.70. The van der Waals surface area contributed by atoms with E-state index in [9.17, 15) is 0 Å². The first-order chi connectivity index (χ1) is 7.15. The van der Waals surface area contributed by atoms with E-state index in [1.54, 1.807) is 13.2 Å². The van der Waals surface area contributed by atoms with Gasteiger partial charge in [0.15, 0.2) is 0 Å². The van der Waals surface area contributed by atoms with Crippen LogP contribution in [-0.2, 0) is 0 Å². The fourth-order valence-corrected chi connectivity index (χ4v) is 1.18. The van der Waals surface area contributed by atoms with E-state index < -0.39 is 0 Å². The van der Waals surface area contributed by atoms with E-state index in [0.717, 1.165) is 6.42 Å². The molecule has 0 aliphatic rings. The van der Waals surface area contributed by atoms with Crippen molar-refractivity contribution in [3.05, 3.63) is 18.7 Å². The van der Waals surface area contributed by atoms with Crippen molar-refractivity contribution in [3.8, 4) is 5.88 Å². The summed E-state index contributed by atoms with van der Waals surface area (Å²) in [5.41, 5.74) is 5.52. The van der Waals surface area contributed by atoms with E-state index in [1.807, 2.05) is 13.0 Å². The maximum absolute atomic E-state index is 5.52. The highest BCUT2D eigenvalue weighted by molar-refractivity contribution is 5.43. The van der Waals surface area contributed by atoms with Crippen molar-refractivity contribution in [2.75, 3.05) is 18.2 Å². The molecule has 15 heavy (non-hydrogen) atoms. The maximum Gasteiger partial charge on any atom is 0.225 e. The third-order valence-corrected chi connectivity index (χ3v) is 1.84. The molecule has 5 heteroatoms. The molecule has 1 aromatic rings. The lowest BCUT2D eigenvalue weighted by atomic mass is 10.2. The molecule has 0 aromatic carbocycles. The largest absolute Gasteiger partial charge is 0.481 e. The number of nitrogens with two attached hydrogens (primary N) is 1. The van der Waals surface area contributed by atoms with Gasteiger partial charge in [-0.2, -0.15) is 9.97 Å². The smallest absolute Gasteiger partial charge is 0.225 e. The summed E-state index contributed by atoms with van der Waals surface area (Å²) in [7, 11) is 1.54. The first kappa shape index (κ1) is 11.3. The van der Waals surface area contributed by atoms with E-state index in [0.29, 0.717) is 11.7 Å². The number of aromatic nitrogens is 2. The molecule has 1 atom stereocenters. The molecule has 0 bridgehead atoms. The van der Waals surface area contributed by atoms with Gasteiger partial charge in [-0.05, 0) is 13.3 Å². The lowest BCUT2D eigenvalue weighted by Gasteiger charge is -2.12. The highest BCUT2D eigenvalue weighted by Crippen LogP contribution is 2.15. The molecule has 1 rings (SSSR count). The molecule has 0 aliphatic heterocycles. The zero-order valence-electron chi connectivity index (χ0n) is 9.03. The van der Waals surface area contributed by atoms with Crippen LogP contribution in [0.4, 0.5) is 11.8 Å². The summed E-state index contributed by atoms with van der Waals surface area (Å²) in [5.74, 6) is 1.31. The normalized spacial score (nSPS) is 11.9. The average molecular weight is 208 g/mol. The van der Waals surface area contributed by atoms with Gasteiger partial charge in [-0.3, -0.25) is 0 Å². The molecule has 0 fully saturated rings. The Morgan fingerprint density at radius 1 is 1.67 bits per heavy atom. The first-order valence-electron chi connectivity index (χ1n) is 4.71. The van der Waals surface area contributed by atoms with Gasteiger partial charge in [0, 0.05) is 12.1 Å². The molecule has 0 radical (unpaired) electrons. The predicted octanol–water partition coefficient (Wildman–Crippen LogP) is 1.44. The second kappa shape index (κ2) is 5.19. The number of ether oxygens (including phenoxy) is 1. The molecule has 0 spiro atoms. The van der Waals surface area contributed by atoms with E-state index in [4.69, 9.17) is 10.5 Å². The summed E-state index contributed by atoms with van der Waals surface area (Å²) < 4.78 is 4.99. The van der Waals surface area contributed by atoms with Crippen molar-refractivity contribution >= 4 is 11.8 Å². The van der Waals surface area contributed by atoms with Crippen molar-refractivity contribution in [1.29, 1.82) is 0 Å². The van der Waals surface area contributed by atoms with Crippen molar-refractivity contribution in [1.82, 2.24) is 9.97 Å². The van der Waals surface area contributed by atoms with Crippen LogP contribution in [0, 0.1) is 0 Å². The molecule has 1 heterocycles. The number of nitrogens with zero attached hydrogens (tertiary/aromatic N) is 2. The van der Waals surface area contributed by atoms with E-state index in [-0.39, 0.29) is 12.0 Å². The van der Waals surface area contributed by atoms with E-state index in [2.05, 4.69) is 21.9 Å². The second-order valence-electron chi connectivity index (χ2n) is 3.22. The Morgan fingerprint density at radius 2 is 2.40 bits per heavy atom. The second-order valence-corrected chi connectivity index (χ2v) is 3.22. The van der Waals surface area contributed by atoms with Gasteiger partial charge < -0.3 is 15.8 Å². The number of hydrogen-bond acceptors (Lipinski definition) is 5. The Balaban J connectivity index is 2.75. The first-order valence-corrected chi connectivity index (χ1v) is 4.71. The van der Waals surface area contributed by atoms with Crippen molar-refractivity contribution in [3.63, 3.8) is 0 Å². The Kier molecular flexibility index (Phi) is 3.91. The summed E-state index contributed by atoms with van der Waals surface area (Å²) in [4.78, 5) is 7.94. The van der Waals surface area contributed by atoms with Gasteiger partial charge in [-0.1, -0.05) is 6.08 Å². The number of anilines is 2. The monoisotopic (exact) mass is 208 g/mol.